The standard InChI is InChI=1S/C11H7Cl2N3O/c12-8-4-2-6-15-10(8)16-11(17)7-3-1-5-14-9(7)13/h1-6H,(H,15,16,17). The first-order valence-corrected chi connectivity index (χ1v) is 5.46. The molecule has 4 nitrogen and oxygen atoms in total. The number of hydrogen-bond acceptors (Lipinski definition) is 3. The van der Waals surface area contributed by atoms with E-state index in [1.165, 1.54) is 12.4 Å². The van der Waals surface area contributed by atoms with Crippen LogP contribution in [0.25, 0.3) is 0 Å². The molecule has 0 aliphatic carbocycles. The number of rotatable bonds is 2. The predicted octanol–water partition coefficient (Wildman–Crippen LogP) is 3.04. The fourth-order valence-corrected chi connectivity index (χ4v) is 1.58. The number of aromatic nitrogens is 2. The van der Waals surface area contributed by atoms with Crippen molar-refractivity contribution >= 4 is 34.9 Å². The van der Waals surface area contributed by atoms with Gasteiger partial charge in [-0.05, 0) is 24.3 Å². The van der Waals surface area contributed by atoms with Crippen molar-refractivity contribution in [2.75, 3.05) is 5.32 Å². The number of pyridine rings is 2. The summed E-state index contributed by atoms with van der Waals surface area (Å²) in [6.45, 7) is 0. The van der Waals surface area contributed by atoms with E-state index in [0.717, 1.165) is 0 Å². The third-order valence-electron chi connectivity index (χ3n) is 1.99. The van der Waals surface area contributed by atoms with Crippen LogP contribution in [0.4, 0.5) is 5.82 Å². The zero-order valence-electron chi connectivity index (χ0n) is 8.52. The SMILES string of the molecule is O=C(Nc1ncccc1Cl)c1cccnc1Cl. The summed E-state index contributed by atoms with van der Waals surface area (Å²) in [6.07, 6.45) is 3.04. The summed E-state index contributed by atoms with van der Waals surface area (Å²) in [5, 5.41) is 3.06. The third kappa shape index (κ3) is 2.72. The van der Waals surface area contributed by atoms with Crippen LogP contribution in [-0.4, -0.2) is 15.9 Å². The van der Waals surface area contributed by atoms with Crippen LogP contribution >= 0.6 is 23.2 Å². The Balaban J connectivity index is 2.24. The van der Waals surface area contributed by atoms with E-state index in [1.54, 1.807) is 24.3 Å². The second-order valence-electron chi connectivity index (χ2n) is 3.13. The van der Waals surface area contributed by atoms with Gasteiger partial charge in [0.15, 0.2) is 5.82 Å². The van der Waals surface area contributed by atoms with Gasteiger partial charge in [-0.2, -0.15) is 0 Å². The van der Waals surface area contributed by atoms with E-state index in [-0.39, 0.29) is 10.7 Å². The molecule has 0 aliphatic rings. The zero-order chi connectivity index (χ0) is 12.3. The summed E-state index contributed by atoms with van der Waals surface area (Å²) in [5.41, 5.74) is 0.274. The molecule has 0 spiro atoms. The lowest BCUT2D eigenvalue weighted by atomic mass is 10.2. The zero-order valence-corrected chi connectivity index (χ0v) is 10.0. The van der Waals surface area contributed by atoms with Gasteiger partial charge in [0.2, 0.25) is 0 Å². The van der Waals surface area contributed by atoms with Crippen LogP contribution in [0, 0.1) is 0 Å². The molecule has 2 aromatic rings. The Bertz CT molecular complexity index is 560. The molecule has 0 aliphatic heterocycles. The van der Waals surface area contributed by atoms with E-state index < -0.39 is 5.91 Å². The molecule has 0 bridgehead atoms. The van der Waals surface area contributed by atoms with Crippen LogP contribution in [0.3, 0.4) is 0 Å². The molecule has 0 aromatic carbocycles. The highest BCUT2D eigenvalue weighted by molar-refractivity contribution is 6.35. The van der Waals surface area contributed by atoms with E-state index >= 15 is 0 Å². The molecule has 6 heteroatoms. The van der Waals surface area contributed by atoms with Gasteiger partial charge in [0.1, 0.15) is 5.15 Å². The maximum atomic E-state index is 11.9. The highest BCUT2D eigenvalue weighted by atomic mass is 35.5. The van der Waals surface area contributed by atoms with Crippen molar-refractivity contribution in [1.29, 1.82) is 0 Å². The topological polar surface area (TPSA) is 54.9 Å². The minimum atomic E-state index is -0.399. The lowest BCUT2D eigenvalue weighted by molar-refractivity contribution is 0.102. The highest BCUT2D eigenvalue weighted by Gasteiger charge is 2.12. The Labute approximate surface area is 108 Å². The van der Waals surface area contributed by atoms with Crippen molar-refractivity contribution < 1.29 is 4.79 Å². The summed E-state index contributed by atoms with van der Waals surface area (Å²) in [7, 11) is 0. The van der Waals surface area contributed by atoms with Crippen molar-refractivity contribution in [3.63, 3.8) is 0 Å². The van der Waals surface area contributed by atoms with Crippen molar-refractivity contribution in [2.24, 2.45) is 0 Å². The molecule has 0 radical (unpaired) electrons. The van der Waals surface area contributed by atoms with Gasteiger partial charge in [0.25, 0.3) is 5.91 Å². The van der Waals surface area contributed by atoms with Crippen molar-refractivity contribution in [3.8, 4) is 0 Å². The van der Waals surface area contributed by atoms with Crippen LogP contribution in [0.2, 0.25) is 10.2 Å². The van der Waals surface area contributed by atoms with E-state index in [0.29, 0.717) is 10.8 Å². The quantitative estimate of drug-likeness (QED) is 0.851. The van der Waals surface area contributed by atoms with Crippen molar-refractivity contribution in [2.45, 2.75) is 0 Å². The molecule has 86 valence electrons. The van der Waals surface area contributed by atoms with Gasteiger partial charge >= 0.3 is 0 Å². The number of hydrogen-bond donors (Lipinski definition) is 1. The van der Waals surface area contributed by atoms with Gasteiger partial charge in [-0.25, -0.2) is 9.97 Å². The Kier molecular flexibility index (Phi) is 3.56. The fourth-order valence-electron chi connectivity index (χ4n) is 1.21. The first-order valence-electron chi connectivity index (χ1n) is 4.71. The molecule has 0 atom stereocenters. The van der Waals surface area contributed by atoms with Crippen LogP contribution in [-0.2, 0) is 0 Å². The minimum absolute atomic E-state index is 0.136. The number of halogens is 2. The summed E-state index contributed by atoms with van der Waals surface area (Å²) in [6, 6.07) is 6.51. The van der Waals surface area contributed by atoms with Gasteiger partial charge in [0, 0.05) is 12.4 Å². The summed E-state index contributed by atoms with van der Waals surface area (Å²) >= 11 is 11.7. The molecule has 0 fully saturated rings. The Morgan fingerprint density at radius 2 is 1.82 bits per heavy atom. The Hall–Kier alpha value is -1.65. The number of amides is 1. The molecular weight excluding hydrogens is 261 g/mol. The van der Waals surface area contributed by atoms with Gasteiger partial charge < -0.3 is 5.32 Å². The van der Waals surface area contributed by atoms with Gasteiger partial charge in [-0.3, -0.25) is 4.79 Å². The molecule has 17 heavy (non-hydrogen) atoms. The van der Waals surface area contributed by atoms with Crippen molar-refractivity contribution in [1.82, 2.24) is 9.97 Å². The number of anilines is 1. The Morgan fingerprint density at radius 1 is 1.12 bits per heavy atom. The van der Waals surface area contributed by atoms with E-state index in [2.05, 4.69) is 15.3 Å². The lowest BCUT2D eigenvalue weighted by Crippen LogP contribution is -2.14. The summed E-state index contributed by atoms with van der Waals surface area (Å²) in [4.78, 5) is 19.6. The van der Waals surface area contributed by atoms with E-state index in [9.17, 15) is 4.79 Å². The molecule has 0 saturated heterocycles. The largest absolute Gasteiger partial charge is 0.305 e. The van der Waals surface area contributed by atoms with E-state index in [4.69, 9.17) is 23.2 Å². The third-order valence-corrected chi connectivity index (χ3v) is 2.60. The first-order chi connectivity index (χ1) is 8.18. The Morgan fingerprint density at radius 3 is 2.53 bits per heavy atom. The van der Waals surface area contributed by atoms with Crippen LogP contribution in [0.1, 0.15) is 10.4 Å². The average molecular weight is 268 g/mol. The normalized spacial score (nSPS) is 10.0. The van der Waals surface area contributed by atoms with Gasteiger partial charge in [-0.1, -0.05) is 23.2 Å². The monoisotopic (exact) mass is 267 g/mol. The molecule has 0 saturated carbocycles. The summed E-state index contributed by atoms with van der Waals surface area (Å²) in [5.74, 6) is -0.109. The molecule has 2 rings (SSSR count). The minimum Gasteiger partial charge on any atom is -0.305 e. The highest BCUT2D eigenvalue weighted by Crippen LogP contribution is 2.19. The van der Waals surface area contributed by atoms with E-state index in [1.807, 2.05) is 0 Å². The molecule has 2 heterocycles. The lowest BCUT2D eigenvalue weighted by Gasteiger charge is -2.06. The smallest absolute Gasteiger partial charge is 0.259 e. The van der Waals surface area contributed by atoms with Gasteiger partial charge in [0.05, 0.1) is 10.6 Å². The second kappa shape index (κ2) is 5.12. The van der Waals surface area contributed by atoms with Crippen LogP contribution < -0.4 is 5.32 Å². The number of carbonyl (C=O) groups is 1. The molecular formula is C11H7Cl2N3O. The fraction of sp³-hybridized carbons (Fsp3) is 0. The molecule has 1 amide bonds. The second-order valence-corrected chi connectivity index (χ2v) is 3.89. The molecule has 2 aromatic heterocycles. The maximum absolute atomic E-state index is 11.9. The summed E-state index contributed by atoms with van der Waals surface area (Å²) < 4.78 is 0. The maximum Gasteiger partial charge on any atom is 0.259 e. The number of carbonyl (C=O) groups excluding carboxylic acids is 1. The van der Waals surface area contributed by atoms with Gasteiger partial charge in [-0.15, -0.1) is 0 Å². The number of nitrogens with zero attached hydrogens (tertiary/aromatic N) is 2. The molecule has 0 unspecified atom stereocenters. The number of nitrogens with one attached hydrogen (secondary N) is 1. The predicted molar refractivity (Wildman–Crippen MR) is 66.4 cm³/mol. The average Bonchev–Trinajstić information content (AvgIpc) is 2.32. The molecule has 1 N–H and O–H groups in total. The van der Waals surface area contributed by atoms with Crippen molar-refractivity contribution in [3.05, 3.63) is 52.4 Å². The first kappa shape index (κ1) is 11.8. The van der Waals surface area contributed by atoms with Crippen LogP contribution in [0.15, 0.2) is 36.7 Å². The van der Waals surface area contributed by atoms with Crippen LogP contribution in [0.5, 0.6) is 0 Å².